The number of anilines is 1. The van der Waals surface area contributed by atoms with E-state index in [1.807, 2.05) is 26.1 Å². The molecule has 0 fully saturated rings. The molecule has 1 heterocycles. The van der Waals surface area contributed by atoms with Gasteiger partial charge in [0.25, 0.3) is 0 Å². The second-order valence-electron chi connectivity index (χ2n) is 3.25. The van der Waals surface area contributed by atoms with Gasteiger partial charge in [0.2, 0.25) is 0 Å². The highest BCUT2D eigenvalue weighted by molar-refractivity contribution is 5.91. The van der Waals surface area contributed by atoms with E-state index >= 15 is 0 Å². The summed E-state index contributed by atoms with van der Waals surface area (Å²) in [7, 11) is 1.81. The van der Waals surface area contributed by atoms with E-state index in [0.717, 1.165) is 16.6 Å². The van der Waals surface area contributed by atoms with E-state index in [1.54, 1.807) is 6.20 Å². The highest BCUT2D eigenvalue weighted by Gasteiger charge is 2.05. The Hall–Kier alpha value is -1.64. The first-order chi connectivity index (χ1) is 6.72. The zero-order valence-electron chi connectivity index (χ0n) is 8.13. The number of rotatable bonds is 1. The third kappa shape index (κ3) is 1.31. The predicted molar refractivity (Wildman–Crippen MR) is 56.0 cm³/mol. The van der Waals surface area contributed by atoms with Crippen LogP contribution in [0.2, 0.25) is 0 Å². The van der Waals surface area contributed by atoms with Crippen molar-refractivity contribution in [2.75, 3.05) is 12.4 Å². The van der Waals surface area contributed by atoms with Gasteiger partial charge < -0.3 is 5.32 Å². The first-order valence-electron chi connectivity index (χ1n) is 4.45. The first kappa shape index (κ1) is 8.94. The Morgan fingerprint density at radius 2 is 2.14 bits per heavy atom. The number of pyridine rings is 1. The van der Waals surface area contributed by atoms with Gasteiger partial charge in [0, 0.05) is 24.3 Å². The van der Waals surface area contributed by atoms with Gasteiger partial charge in [-0.15, -0.1) is 0 Å². The molecule has 2 nitrogen and oxygen atoms in total. The second-order valence-corrected chi connectivity index (χ2v) is 3.25. The number of nitrogens with one attached hydrogen (secondary N) is 1. The van der Waals surface area contributed by atoms with Crippen LogP contribution in [0.15, 0.2) is 24.4 Å². The van der Waals surface area contributed by atoms with Gasteiger partial charge in [-0.2, -0.15) is 0 Å². The lowest BCUT2D eigenvalue weighted by atomic mass is 10.1. The summed E-state index contributed by atoms with van der Waals surface area (Å²) in [5.74, 6) is -0.267. The number of hydrogen-bond donors (Lipinski definition) is 1. The highest BCUT2D eigenvalue weighted by Crippen LogP contribution is 2.24. The Bertz CT molecular complexity index is 480. The second kappa shape index (κ2) is 3.25. The van der Waals surface area contributed by atoms with Crippen LogP contribution in [-0.2, 0) is 0 Å². The number of aromatic nitrogens is 1. The zero-order valence-corrected chi connectivity index (χ0v) is 8.13. The van der Waals surface area contributed by atoms with Crippen molar-refractivity contribution in [3.63, 3.8) is 0 Å². The van der Waals surface area contributed by atoms with Crippen molar-refractivity contribution in [3.05, 3.63) is 35.8 Å². The largest absolute Gasteiger partial charge is 0.388 e. The molecule has 1 aromatic carbocycles. The van der Waals surface area contributed by atoms with Crippen molar-refractivity contribution in [1.82, 2.24) is 4.98 Å². The maximum absolute atomic E-state index is 13.5. The molecular weight excluding hydrogens is 179 g/mol. The molecule has 72 valence electrons. The molecule has 0 aliphatic rings. The normalized spacial score (nSPS) is 10.5. The van der Waals surface area contributed by atoms with Gasteiger partial charge in [0.15, 0.2) is 0 Å². The fourth-order valence-corrected chi connectivity index (χ4v) is 1.57. The summed E-state index contributed by atoms with van der Waals surface area (Å²) in [6.45, 7) is 1.87. The average Bonchev–Trinajstić information content (AvgIpc) is 2.17. The van der Waals surface area contributed by atoms with Crippen molar-refractivity contribution in [3.8, 4) is 0 Å². The standard InChI is InChI=1S/C11H11FN2/c1-7-5-8-10(13-2)3-4-14-11(8)9(12)6-7/h3-6H,1-2H3,(H,13,14). The van der Waals surface area contributed by atoms with Crippen molar-refractivity contribution in [2.24, 2.45) is 0 Å². The Morgan fingerprint density at radius 1 is 1.36 bits per heavy atom. The monoisotopic (exact) mass is 190 g/mol. The molecule has 2 rings (SSSR count). The molecule has 2 aromatic rings. The molecule has 1 aromatic heterocycles. The van der Waals surface area contributed by atoms with Crippen LogP contribution in [0.5, 0.6) is 0 Å². The lowest BCUT2D eigenvalue weighted by Gasteiger charge is -2.06. The van der Waals surface area contributed by atoms with Crippen LogP contribution in [-0.4, -0.2) is 12.0 Å². The smallest absolute Gasteiger partial charge is 0.149 e. The molecule has 0 saturated carbocycles. The maximum Gasteiger partial charge on any atom is 0.149 e. The van der Waals surface area contributed by atoms with Gasteiger partial charge in [-0.05, 0) is 30.7 Å². The Balaban J connectivity index is 2.86. The molecule has 0 amide bonds. The molecule has 0 unspecified atom stereocenters. The molecule has 0 spiro atoms. The van der Waals surface area contributed by atoms with Crippen LogP contribution in [0.1, 0.15) is 5.56 Å². The molecule has 0 aliphatic carbocycles. The topological polar surface area (TPSA) is 24.9 Å². The molecule has 0 radical (unpaired) electrons. The molecule has 0 bridgehead atoms. The fraction of sp³-hybridized carbons (Fsp3) is 0.182. The van der Waals surface area contributed by atoms with Gasteiger partial charge in [-0.1, -0.05) is 0 Å². The summed E-state index contributed by atoms with van der Waals surface area (Å²) < 4.78 is 13.5. The van der Waals surface area contributed by atoms with Crippen LogP contribution < -0.4 is 5.32 Å². The van der Waals surface area contributed by atoms with Crippen LogP contribution in [0.25, 0.3) is 10.9 Å². The zero-order chi connectivity index (χ0) is 10.1. The van der Waals surface area contributed by atoms with E-state index in [1.165, 1.54) is 6.07 Å². The predicted octanol–water partition coefficient (Wildman–Crippen LogP) is 2.72. The molecule has 0 aliphatic heterocycles. The van der Waals surface area contributed by atoms with Crippen molar-refractivity contribution in [2.45, 2.75) is 6.92 Å². The van der Waals surface area contributed by atoms with E-state index in [4.69, 9.17) is 0 Å². The van der Waals surface area contributed by atoms with Crippen LogP contribution in [0.3, 0.4) is 0 Å². The van der Waals surface area contributed by atoms with Crippen molar-refractivity contribution >= 4 is 16.6 Å². The third-order valence-electron chi connectivity index (χ3n) is 2.21. The fourth-order valence-electron chi connectivity index (χ4n) is 1.57. The van der Waals surface area contributed by atoms with E-state index in [2.05, 4.69) is 10.3 Å². The number of hydrogen-bond acceptors (Lipinski definition) is 2. The quantitative estimate of drug-likeness (QED) is 0.747. The summed E-state index contributed by atoms with van der Waals surface area (Å²) in [4.78, 5) is 4.02. The van der Waals surface area contributed by atoms with Gasteiger partial charge in [-0.3, -0.25) is 4.98 Å². The van der Waals surface area contributed by atoms with Gasteiger partial charge in [-0.25, -0.2) is 4.39 Å². The molecule has 3 heteroatoms. The number of aryl methyl sites for hydroxylation is 1. The molecular formula is C11H11FN2. The number of nitrogens with zero attached hydrogens (tertiary/aromatic N) is 1. The Kier molecular flexibility index (Phi) is 2.08. The number of benzene rings is 1. The minimum absolute atomic E-state index is 0.267. The molecule has 14 heavy (non-hydrogen) atoms. The van der Waals surface area contributed by atoms with Crippen molar-refractivity contribution < 1.29 is 4.39 Å². The maximum atomic E-state index is 13.5. The van der Waals surface area contributed by atoms with Crippen molar-refractivity contribution in [1.29, 1.82) is 0 Å². The summed E-state index contributed by atoms with van der Waals surface area (Å²) >= 11 is 0. The highest BCUT2D eigenvalue weighted by atomic mass is 19.1. The third-order valence-corrected chi connectivity index (χ3v) is 2.21. The number of fused-ring (bicyclic) bond motifs is 1. The van der Waals surface area contributed by atoms with E-state index in [9.17, 15) is 4.39 Å². The van der Waals surface area contributed by atoms with Crippen LogP contribution in [0, 0.1) is 12.7 Å². The minimum atomic E-state index is -0.267. The van der Waals surface area contributed by atoms with E-state index in [0.29, 0.717) is 5.52 Å². The van der Waals surface area contributed by atoms with Crippen LogP contribution >= 0.6 is 0 Å². The van der Waals surface area contributed by atoms with E-state index in [-0.39, 0.29) is 5.82 Å². The summed E-state index contributed by atoms with van der Waals surface area (Å²) in [6.07, 6.45) is 1.60. The van der Waals surface area contributed by atoms with Gasteiger partial charge in [0.1, 0.15) is 11.3 Å². The minimum Gasteiger partial charge on any atom is -0.388 e. The SMILES string of the molecule is CNc1ccnc2c(F)cc(C)cc12. The lowest BCUT2D eigenvalue weighted by Crippen LogP contribution is -1.93. The molecule has 0 atom stereocenters. The Labute approximate surface area is 81.8 Å². The Morgan fingerprint density at radius 3 is 2.86 bits per heavy atom. The lowest BCUT2D eigenvalue weighted by molar-refractivity contribution is 0.636. The summed E-state index contributed by atoms with van der Waals surface area (Å²) in [6, 6.07) is 5.26. The number of halogens is 1. The van der Waals surface area contributed by atoms with Gasteiger partial charge >= 0.3 is 0 Å². The summed E-state index contributed by atoms with van der Waals surface area (Å²) in [5, 5.41) is 3.84. The average molecular weight is 190 g/mol. The van der Waals surface area contributed by atoms with Gasteiger partial charge in [0.05, 0.1) is 0 Å². The first-order valence-corrected chi connectivity index (χ1v) is 4.45. The molecule has 0 saturated heterocycles. The van der Waals surface area contributed by atoms with E-state index < -0.39 is 0 Å². The summed E-state index contributed by atoms with van der Waals surface area (Å²) in [5.41, 5.74) is 2.22. The molecule has 1 N–H and O–H groups in total. The van der Waals surface area contributed by atoms with Crippen LogP contribution in [0.4, 0.5) is 10.1 Å².